The number of nitrogens with zero attached hydrogens (tertiary/aromatic N) is 1. The first kappa shape index (κ1) is 19.0. The molecule has 130 valence electrons. The third-order valence-corrected chi connectivity index (χ3v) is 5.96. The molecule has 0 aromatic heterocycles. The highest BCUT2D eigenvalue weighted by atomic mass is 35.5. The van der Waals surface area contributed by atoms with Crippen LogP contribution in [0.1, 0.15) is 19.4 Å². The molecule has 0 amide bonds. The van der Waals surface area contributed by atoms with E-state index in [1.165, 1.54) is 0 Å². The van der Waals surface area contributed by atoms with E-state index in [0.717, 1.165) is 6.54 Å². The average molecular weight is 381 g/mol. The first-order valence-corrected chi connectivity index (χ1v) is 9.84. The van der Waals surface area contributed by atoms with Crippen molar-refractivity contribution in [2.45, 2.75) is 25.1 Å². The summed E-state index contributed by atoms with van der Waals surface area (Å²) in [6.45, 7) is 7.35. The molecule has 0 unspecified atom stereocenters. The summed E-state index contributed by atoms with van der Waals surface area (Å²) in [6.07, 6.45) is 0. The standard InChI is InChI=1S/C15H22Cl2N2O3S/c1-15(2)11-22-8-7-19(15)6-5-18-23(20,21)10-12-3-4-13(16)14(17)9-12/h3-4,9,18H,5-8,10-11H2,1-2H3. The molecule has 1 saturated heterocycles. The Balaban J connectivity index is 1.87. The van der Waals surface area contributed by atoms with Gasteiger partial charge in [0.1, 0.15) is 0 Å². The molecule has 1 fully saturated rings. The molecule has 23 heavy (non-hydrogen) atoms. The minimum Gasteiger partial charge on any atom is -0.378 e. The van der Waals surface area contributed by atoms with Gasteiger partial charge in [-0.05, 0) is 31.5 Å². The van der Waals surface area contributed by atoms with E-state index in [1.54, 1.807) is 18.2 Å². The summed E-state index contributed by atoms with van der Waals surface area (Å²) in [7, 11) is -3.41. The van der Waals surface area contributed by atoms with Crippen molar-refractivity contribution in [1.82, 2.24) is 9.62 Å². The van der Waals surface area contributed by atoms with Crippen LogP contribution < -0.4 is 4.72 Å². The Hall–Kier alpha value is -0.370. The Morgan fingerprint density at radius 1 is 1.30 bits per heavy atom. The van der Waals surface area contributed by atoms with Gasteiger partial charge in [0.15, 0.2) is 0 Å². The van der Waals surface area contributed by atoms with Crippen LogP contribution >= 0.6 is 23.2 Å². The number of hydrogen-bond donors (Lipinski definition) is 1. The van der Waals surface area contributed by atoms with Crippen LogP contribution in [0.25, 0.3) is 0 Å². The largest absolute Gasteiger partial charge is 0.378 e. The molecule has 2 rings (SSSR count). The van der Waals surface area contributed by atoms with Crippen LogP contribution in [0.3, 0.4) is 0 Å². The van der Waals surface area contributed by atoms with Crippen LogP contribution in [0.5, 0.6) is 0 Å². The molecule has 8 heteroatoms. The monoisotopic (exact) mass is 380 g/mol. The van der Waals surface area contributed by atoms with Gasteiger partial charge < -0.3 is 4.74 Å². The van der Waals surface area contributed by atoms with E-state index in [9.17, 15) is 8.42 Å². The van der Waals surface area contributed by atoms with Crippen molar-refractivity contribution in [3.8, 4) is 0 Å². The molecule has 0 saturated carbocycles. The maximum Gasteiger partial charge on any atom is 0.215 e. The molecule has 0 aliphatic carbocycles. The zero-order valence-corrected chi connectivity index (χ0v) is 15.6. The van der Waals surface area contributed by atoms with E-state index < -0.39 is 10.0 Å². The van der Waals surface area contributed by atoms with E-state index in [1.807, 2.05) is 0 Å². The number of rotatable bonds is 6. The van der Waals surface area contributed by atoms with Crippen molar-refractivity contribution in [2.24, 2.45) is 0 Å². The Morgan fingerprint density at radius 3 is 2.70 bits per heavy atom. The Morgan fingerprint density at radius 2 is 2.04 bits per heavy atom. The van der Waals surface area contributed by atoms with Gasteiger partial charge in [-0.15, -0.1) is 0 Å². The summed E-state index contributed by atoms with van der Waals surface area (Å²) >= 11 is 11.7. The molecule has 0 atom stereocenters. The summed E-state index contributed by atoms with van der Waals surface area (Å²) in [6, 6.07) is 4.84. The van der Waals surface area contributed by atoms with E-state index >= 15 is 0 Å². The summed E-state index contributed by atoms with van der Waals surface area (Å²) in [5.74, 6) is -0.115. The number of ether oxygens (including phenoxy) is 1. The fraction of sp³-hybridized carbons (Fsp3) is 0.600. The van der Waals surface area contributed by atoms with Crippen LogP contribution in [0.2, 0.25) is 10.0 Å². The predicted octanol–water partition coefficient (Wildman–Crippen LogP) is 2.52. The van der Waals surface area contributed by atoms with Gasteiger partial charge in [0.2, 0.25) is 10.0 Å². The lowest BCUT2D eigenvalue weighted by Gasteiger charge is -2.42. The Labute approximate surface area is 148 Å². The van der Waals surface area contributed by atoms with E-state index in [2.05, 4.69) is 23.5 Å². The minimum absolute atomic E-state index is 0.0760. The summed E-state index contributed by atoms with van der Waals surface area (Å²) < 4.78 is 32.4. The molecule has 0 radical (unpaired) electrons. The molecular weight excluding hydrogens is 359 g/mol. The van der Waals surface area contributed by atoms with Crippen LogP contribution in [-0.4, -0.2) is 51.7 Å². The van der Waals surface area contributed by atoms with Gasteiger partial charge in [-0.1, -0.05) is 29.3 Å². The third kappa shape index (κ3) is 5.59. The number of halogens is 2. The van der Waals surface area contributed by atoms with Crippen LogP contribution in [0, 0.1) is 0 Å². The Kier molecular flexibility index (Phi) is 6.33. The van der Waals surface area contributed by atoms with Crippen LogP contribution in [0.4, 0.5) is 0 Å². The maximum atomic E-state index is 12.2. The lowest BCUT2D eigenvalue weighted by molar-refractivity contribution is -0.0495. The Bertz CT molecular complexity index is 650. The molecule has 1 aromatic carbocycles. The lowest BCUT2D eigenvalue weighted by Crippen LogP contribution is -2.54. The van der Waals surface area contributed by atoms with Crippen molar-refractivity contribution in [1.29, 1.82) is 0 Å². The maximum absolute atomic E-state index is 12.2. The van der Waals surface area contributed by atoms with Gasteiger partial charge in [0.05, 0.1) is 29.0 Å². The molecule has 1 heterocycles. The van der Waals surface area contributed by atoms with E-state index in [4.69, 9.17) is 27.9 Å². The first-order valence-electron chi connectivity index (χ1n) is 7.44. The highest BCUT2D eigenvalue weighted by Gasteiger charge is 2.30. The molecular formula is C15H22Cl2N2O3S. The van der Waals surface area contributed by atoms with Crippen LogP contribution in [0.15, 0.2) is 18.2 Å². The number of morpholine rings is 1. The molecule has 1 aliphatic heterocycles. The topological polar surface area (TPSA) is 58.6 Å². The lowest BCUT2D eigenvalue weighted by atomic mass is 10.0. The molecule has 1 aliphatic rings. The third-order valence-electron chi connectivity index (χ3n) is 3.86. The van der Waals surface area contributed by atoms with Crippen molar-refractivity contribution >= 4 is 33.2 Å². The quantitative estimate of drug-likeness (QED) is 0.823. The number of benzene rings is 1. The first-order chi connectivity index (χ1) is 10.7. The highest BCUT2D eigenvalue weighted by Crippen LogP contribution is 2.23. The van der Waals surface area contributed by atoms with Crippen molar-refractivity contribution in [2.75, 3.05) is 32.8 Å². The average Bonchev–Trinajstić information content (AvgIpc) is 2.44. The van der Waals surface area contributed by atoms with E-state index in [-0.39, 0.29) is 11.3 Å². The normalized spacial score (nSPS) is 19.0. The van der Waals surface area contributed by atoms with Gasteiger partial charge in [-0.25, -0.2) is 13.1 Å². The van der Waals surface area contributed by atoms with E-state index in [0.29, 0.717) is 41.9 Å². The number of hydrogen-bond acceptors (Lipinski definition) is 4. The smallest absolute Gasteiger partial charge is 0.215 e. The fourth-order valence-electron chi connectivity index (χ4n) is 2.54. The zero-order chi connectivity index (χ0) is 17.1. The molecule has 0 bridgehead atoms. The van der Waals surface area contributed by atoms with Crippen molar-refractivity contribution in [3.63, 3.8) is 0 Å². The van der Waals surface area contributed by atoms with Gasteiger partial charge >= 0.3 is 0 Å². The number of sulfonamides is 1. The zero-order valence-electron chi connectivity index (χ0n) is 13.3. The molecule has 1 N–H and O–H groups in total. The summed E-state index contributed by atoms with van der Waals surface area (Å²) in [5, 5.41) is 0.768. The van der Waals surface area contributed by atoms with Gasteiger partial charge in [0.25, 0.3) is 0 Å². The highest BCUT2D eigenvalue weighted by molar-refractivity contribution is 7.88. The minimum atomic E-state index is -3.41. The fourth-order valence-corrected chi connectivity index (χ4v) is 3.98. The van der Waals surface area contributed by atoms with Gasteiger partial charge in [-0.2, -0.15) is 0 Å². The summed E-state index contributed by atoms with van der Waals surface area (Å²) in [4.78, 5) is 2.23. The SMILES string of the molecule is CC1(C)COCCN1CCNS(=O)(=O)Cc1ccc(Cl)c(Cl)c1. The summed E-state index contributed by atoms with van der Waals surface area (Å²) in [5.41, 5.74) is 0.534. The number of nitrogens with one attached hydrogen (secondary N) is 1. The second-order valence-electron chi connectivity index (χ2n) is 6.25. The van der Waals surface area contributed by atoms with Crippen molar-refractivity contribution < 1.29 is 13.2 Å². The molecule has 0 spiro atoms. The second-order valence-corrected chi connectivity index (χ2v) is 8.88. The van der Waals surface area contributed by atoms with Crippen molar-refractivity contribution in [3.05, 3.63) is 33.8 Å². The van der Waals surface area contributed by atoms with Gasteiger partial charge in [-0.3, -0.25) is 4.90 Å². The van der Waals surface area contributed by atoms with Gasteiger partial charge in [0, 0.05) is 25.2 Å². The van der Waals surface area contributed by atoms with Crippen LogP contribution in [-0.2, 0) is 20.5 Å². The predicted molar refractivity (Wildman–Crippen MR) is 93.6 cm³/mol. The molecule has 1 aromatic rings. The second kappa shape index (κ2) is 7.68. The molecule has 5 nitrogen and oxygen atoms in total.